The van der Waals surface area contributed by atoms with Crippen molar-refractivity contribution in [1.82, 2.24) is 10.3 Å². The average molecular weight is 284 g/mol. The lowest BCUT2D eigenvalue weighted by molar-refractivity contribution is 0.318. The number of nitrogens with one attached hydrogen (secondary N) is 1. The molecule has 0 aliphatic carbocycles. The molecule has 5 heteroatoms. The van der Waals surface area contributed by atoms with Crippen molar-refractivity contribution >= 4 is 5.84 Å². The van der Waals surface area contributed by atoms with E-state index in [1.807, 2.05) is 18.2 Å². The van der Waals surface area contributed by atoms with Gasteiger partial charge in [0, 0.05) is 19.3 Å². The maximum atomic E-state index is 8.66. The molecular weight excluding hydrogens is 264 g/mol. The maximum absolute atomic E-state index is 8.66. The summed E-state index contributed by atoms with van der Waals surface area (Å²) >= 11 is 0. The van der Waals surface area contributed by atoms with Crippen LogP contribution in [0.4, 0.5) is 0 Å². The summed E-state index contributed by atoms with van der Waals surface area (Å²) in [6.07, 6.45) is 1.66. The molecule has 2 rings (SSSR count). The third-order valence-electron chi connectivity index (χ3n) is 3.34. The van der Waals surface area contributed by atoms with Crippen molar-refractivity contribution in [1.29, 1.82) is 0 Å². The van der Waals surface area contributed by atoms with Crippen molar-refractivity contribution in [3.63, 3.8) is 0 Å². The molecule has 5 nitrogen and oxygen atoms in total. The van der Waals surface area contributed by atoms with E-state index in [9.17, 15) is 0 Å². The van der Waals surface area contributed by atoms with Crippen LogP contribution < -0.4 is 11.1 Å². The molecule has 0 aliphatic rings. The molecule has 4 N–H and O–H groups in total. The number of hydrogen-bond acceptors (Lipinski definition) is 4. The van der Waals surface area contributed by atoms with E-state index in [1.54, 1.807) is 6.20 Å². The van der Waals surface area contributed by atoms with Crippen LogP contribution in [0.1, 0.15) is 29.7 Å². The molecule has 0 aliphatic heterocycles. The van der Waals surface area contributed by atoms with Crippen molar-refractivity contribution < 1.29 is 5.21 Å². The molecule has 2 aromatic rings. The van der Waals surface area contributed by atoms with Crippen LogP contribution in [0.25, 0.3) is 0 Å². The molecule has 0 saturated heterocycles. The number of amidine groups is 1. The summed E-state index contributed by atoms with van der Waals surface area (Å²) in [5, 5.41) is 15.0. The topological polar surface area (TPSA) is 83.5 Å². The predicted octanol–water partition coefficient (Wildman–Crippen LogP) is 2.07. The lowest BCUT2D eigenvalue weighted by Crippen LogP contribution is -2.20. The van der Waals surface area contributed by atoms with Crippen LogP contribution in [-0.2, 0) is 6.54 Å². The third-order valence-corrected chi connectivity index (χ3v) is 3.34. The van der Waals surface area contributed by atoms with Gasteiger partial charge < -0.3 is 16.3 Å². The molecule has 1 atom stereocenters. The minimum Gasteiger partial charge on any atom is -0.409 e. The second-order valence-corrected chi connectivity index (χ2v) is 4.98. The Balaban J connectivity index is 1.89. The molecule has 0 bridgehead atoms. The molecule has 0 spiro atoms. The van der Waals surface area contributed by atoms with Gasteiger partial charge in [0.05, 0.1) is 0 Å². The van der Waals surface area contributed by atoms with Gasteiger partial charge >= 0.3 is 0 Å². The number of pyridine rings is 1. The Morgan fingerprint density at radius 1 is 1.33 bits per heavy atom. The molecule has 1 aromatic heterocycles. The minimum atomic E-state index is 0.0227. The third kappa shape index (κ3) is 4.29. The largest absolute Gasteiger partial charge is 0.409 e. The van der Waals surface area contributed by atoms with Crippen molar-refractivity contribution in [2.24, 2.45) is 10.9 Å². The highest BCUT2D eigenvalue weighted by Gasteiger charge is 2.05. The van der Waals surface area contributed by atoms with Crippen LogP contribution in [-0.4, -0.2) is 22.6 Å². The minimum absolute atomic E-state index is 0.0227. The van der Waals surface area contributed by atoms with E-state index < -0.39 is 0 Å². The molecule has 1 aromatic carbocycles. The highest BCUT2D eigenvalue weighted by Crippen LogP contribution is 2.13. The summed E-state index contributed by atoms with van der Waals surface area (Å²) < 4.78 is 0. The van der Waals surface area contributed by atoms with Crippen LogP contribution in [0.3, 0.4) is 0 Å². The summed E-state index contributed by atoms with van der Waals surface area (Å²) in [5.41, 5.74) is 8.38. The lowest BCUT2D eigenvalue weighted by atomic mass is 10.0. The van der Waals surface area contributed by atoms with Crippen molar-refractivity contribution in [2.45, 2.75) is 19.4 Å². The van der Waals surface area contributed by atoms with Crippen LogP contribution in [0.2, 0.25) is 0 Å². The van der Waals surface area contributed by atoms with E-state index in [0.29, 0.717) is 18.2 Å². The van der Waals surface area contributed by atoms with E-state index in [4.69, 9.17) is 10.9 Å². The standard InChI is InChI=1S/C16H20N4O/c1-12(14-5-3-2-4-6-14)10-18-11-13-7-8-19-15(9-13)16(17)20-21/h2-9,12,18,21H,10-11H2,1H3,(H2,17,20). The summed E-state index contributed by atoms with van der Waals surface area (Å²) in [4.78, 5) is 4.06. The van der Waals surface area contributed by atoms with Crippen molar-refractivity contribution in [3.05, 3.63) is 65.5 Å². The fraction of sp³-hybridized carbons (Fsp3) is 0.250. The average Bonchev–Trinajstić information content (AvgIpc) is 2.55. The molecule has 0 saturated carbocycles. The summed E-state index contributed by atoms with van der Waals surface area (Å²) in [6, 6.07) is 14.1. The van der Waals surface area contributed by atoms with Gasteiger partial charge in [0.25, 0.3) is 0 Å². The first-order valence-electron chi connectivity index (χ1n) is 6.89. The molecule has 0 radical (unpaired) electrons. The Labute approximate surface area is 124 Å². The number of nitrogens with zero attached hydrogens (tertiary/aromatic N) is 2. The van der Waals surface area contributed by atoms with Gasteiger partial charge in [0.2, 0.25) is 0 Å². The zero-order valence-electron chi connectivity index (χ0n) is 12.0. The van der Waals surface area contributed by atoms with Crippen LogP contribution in [0.5, 0.6) is 0 Å². The first-order chi connectivity index (χ1) is 10.2. The Morgan fingerprint density at radius 3 is 2.81 bits per heavy atom. The van der Waals surface area contributed by atoms with Gasteiger partial charge in [-0.3, -0.25) is 4.98 Å². The SMILES string of the molecule is CC(CNCc1ccnc(/C(N)=N/O)c1)c1ccccc1. The van der Waals surface area contributed by atoms with Gasteiger partial charge in [-0.1, -0.05) is 42.4 Å². The van der Waals surface area contributed by atoms with Gasteiger partial charge in [-0.25, -0.2) is 0 Å². The number of nitrogens with two attached hydrogens (primary N) is 1. The van der Waals surface area contributed by atoms with Crippen molar-refractivity contribution in [3.8, 4) is 0 Å². The zero-order valence-corrected chi connectivity index (χ0v) is 12.0. The number of oxime groups is 1. The predicted molar refractivity (Wildman–Crippen MR) is 83.3 cm³/mol. The smallest absolute Gasteiger partial charge is 0.188 e. The summed E-state index contributed by atoms with van der Waals surface area (Å²) in [7, 11) is 0. The second kappa shape index (κ2) is 7.40. The van der Waals surface area contributed by atoms with E-state index in [0.717, 1.165) is 12.1 Å². The first kappa shape index (κ1) is 15.0. The number of aromatic nitrogens is 1. The van der Waals surface area contributed by atoms with Gasteiger partial charge in [-0.15, -0.1) is 0 Å². The fourth-order valence-corrected chi connectivity index (χ4v) is 2.11. The molecular formula is C16H20N4O. The highest BCUT2D eigenvalue weighted by molar-refractivity contribution is 5.95. The van der Waals surface area contributed by atoms with Crippen LogP contribution in [0, 0.1) is 0 Å². The quantitative estimate of drug-likeness (QED) is 0.328. The molecule has 1 unspecified atom stereocenters. The number of rotatable bonds is 6. The Morgan fingerprint density at radius 2 is 2.10 bits per heavy atom. The fourth-order valence-electron chi connectivity index (χ4n) is 2.11. The molecule has 1 heterocycles. The molecule has 0 amide bonds. The monoisotopic (exact) mass is 284 g/mol. The van der Waals surface area contributed by atoms with E-state index in [1.165, 1.54) is 5.56 Å². The highest BCUT2D eigenvalue weighted by atomic mass is 16.4. The number of hydrogen-bond donors (Lipinski definition) is 3. The zero-order chi connectivity index (χ0) is 15.1. The Hall–Kier alpha value is -2.40. The van der Waals surface area contributed by atoms with E-state index >= 15 is 0 Å². The second-order valence-electron chi connectivity index (χ2n) is 4.98. The molecule has 21 heavy (non-hydrogen) atoms. The van der Waals surface area contributed by atoms with Gasteiger partial charge in [-0.2, -0.15) is 0 Å². The van der Waals surface area contributed by atoms with Gasteiger partial charge in [-0.05, 0) is 29.2 Å². The molecule has 110 valence electrons. The maximum Gasteiger partial charge on any atom is 0.188 e. The normalized spacial score (nSPS) is 13.1. The van der Waals surface area contributed by atoms with E-state index in [-0.39, 0.29) is 5.84 Å². The van der Waals surface area contributed by atoms with Gasteiger partial charge in [0.1, 0.15) is 5.69 Å². The lowest BCUT2D eigenvalue weighted by Gasteiger charge is -2.13. The number of benzene rings is 1. The summed E-state index contributed by atoms with van der Waals surface area (Å²) in [5.74, 6) is 0.464. The first-order valence-corrected chi connectivity index (χ1v) is 6.89. The van der Waals surface area contributed by atoms with Crippen LogP contribution >= 0.6 is 0 Å². The molecule has 0 fully saturated rings. The summed E-state index contributed by atoms with van der Waals surface area (Å²) in [6.45, 7) is 3.79. The van der Waals surface area contributed by atoms with Crippen molar-refractivity contribution in [2.75, 3.05) is 6.54 Å². The van der Waals surface area contributed by atoms with Crippen LogP contribution in [0.15, 0.2) is 53.8 Å². The van der Waals surface area contributed by atoms with E-state index in [2.05, 4.69) is 46.6 Å². The van der Waals surface area contributed by atoms with Gasteiger partial charge in [0.15, 0.2) is 5.84 Å². The Kier molecular flexibility index (Phi) is 5.29. The Bertz CT molecular complexity index is 598.